The zero-order valence-corrected chi connectivity index (χ0v) is 14.4. The van der Waals surface area contributed by atoms with Gasteiger partial charge in [-0.3, -0.25) is 0 Å². The summed E-state index contributed by atoms with van der Waals surface area (Å²) in [7, 11) is -1.98. The summed E-state index contributed by atoms with van der Waals surface area (Å²) in [5.74, 6) is 6.70. The van der Waals surface area contributed by atoms with Crippen molar-refractivity contribution in [1.82, 2.24) is 4.72 Å². The van der Waals surface area contributed by atoms with E-state index in [2.05, 4.69) is 16.6 Å². The molecule has 0 spiro atoms. The number of sulfonamides is 1. The molecule has 0 atom stereocenters. The van der Waals surface area contributed by atoms with Gasteiger partial charge in [-0.2, -0.15) is 4.72 Å². The van der Waals surface area contributed by atoms with E-state index in [1.54, 1.807) is 43.5 Å². The molecule has 2 aromatic carbocycles. The molecule has 0 fully saturated rings. The van der Waals surface area contributed by atoms with E-state index in [-0.39, 0.29) is 18.0 Å². The first kappa shape index (κ1) is 17.9. The first-order valence-electron chi connectivity index (χ1n) is 7.31. The van der Waals surface area contributed by atoms with Gasteiger partial charge in [0, 0.05) is 0 Å². The van der Waals surface area contributed by atoms with Crippen LogP contribution < -0.4 is 14.2 Å². The number of aryl methyl sites for hydroxylation is 1. The minimum atomic E-state index is -3.54. The van der Waals surface area contributed by atoms with Crippen molar-refractivity contribution in [3.8, 4) is 23.3 Å². The van der Waals surface area contributed by atoms with E-state index < -0.39 is 10.0 Å². The predicted octanol–water partition coefficient (Wildman–Crippen LogP) is 2.36. The molecule has 0 aromatic heterocycles. The Morgan fingerprint density at radius 3 is 2.33 bits per heavy atom. The average Bonchev–Trinajstić information content (AvgIpc) is 2.58. The SMILES string of the molecule is COc1ccccc1OCC#CCNS(=O)(=O)c1ccc(C)cc1. The molecular weight excluding hydrogens is 326 g/mol. The Kier molecular flexibility index (Phi) is 6.24. The fraction of sp³-hybridized carbons (Fsp3) is 0.222. The van der Waals surface area contributed by atoms with Crippen LogP contribution in [-0.2, 0) is 10.0 Å². The van der Waals surface area contributed by atoms with E-state index in [1.807, 2.05) is 19.1 Å². The highest BCUT2D eigenvalue weighted by molar-refractivity contribution is 7.89. The first-order chi connectivity index (χ1) is 11.5. The van der Waals surface area contributed by atoms with Crippen molar-refractivity contribution in [1.29, 1.82) is 0 Å². The largest absolute Gasteiger partial charge is 0.493 e. The highest BCUT2D eigenvalue weighted by Crippen LogP contribution is 2.25. The van der Waals surface area contributed by atoms with E-state index >= 15 is 0 Å². The molecule has 0 bridgehead atoms. The van der Waals surface area contributed by atoms with E-state index in [9.17, 15) is 8.42 Å². The van der Waals surface area contributed by atoms with Crippen molar-refractivity contribution < 1.29 is 17.9 Å². The van der Waals surface area contributed by atoms with E-state index in [0.717, 1.165) is 5.56 Å². The van der Waals surface area contributed by atoms with Crippen molar-refractivity contribution >= 4 is 10.0 Å². The van der Waals surface area contributed by atoms with Gasteiger partial charge in [0.1, 0.15) is 6.61 Å². The fourth-order valence-electron chi connectivity index (χ4n) is 1.90. The summed E-state index contributed by atoms with van der Waals surface area (Å²) in [6, 6.07) is 13.9. The maximum atomic E-state index is 12.1. The van der Waals surface area contributed by atoms with E-state index in [4.69, 9.17) is 9.47 Å². The van der Waals surface area contributed by atoms with Gasteiger partial charge in [0.15, 0.2) is 11.5 Å². The van der Waals surface area contributed by atoms with Crippen LogP contribution in [0.15, 0.2) is 53.4 Å². The number of para-hydroxylation sites is 2. The molecule has 2 aromatic rings. The molecule has 0 saturated heterocycles. The van der Waals surface area contributed by atoms with Gasteiger partial charge in [-0.1, -0.05) is 41.7 Å². The Morgan fingerprint density at radius 2 is 1.67 bits per heavy atom. The molecule has 1 N–H and O–H groups in total. The Bertz CT molecular complexity index is 833. The monoisotopic (exact) mass is 345 g/mol. The van der Waals surface area contributed by atoms with Crippen molar-refractivity contribution in [2.75, 3.05) is 20.3 Å². The molecule has 6 heteroatoms. The van der Waals surface area contributed by atoms with Gasteiger partial charge in [0.05, 0.1) is 18.6 Å². The van der Waals surface area contributed by atoms with Gasteiger partial charge in [-0.05, 0) is 31.2 Å². The van der Waals surface area contributed by atoms with Gasteiger partial charge in [-0.15, -0.1) is 0 Å². The van der Waals surface area contributed by atoms with E-state index in [0.29, 0.717) is 11.5 Å². The van der Waals surface area contributed by atoms with Crippen LogP contribution in [0.5, 0.6) is 11.5 Å². The average molecular weight is 345 g/mol. The second-order valence-electron chi connectivity index (χ2n) is 4.93. The van der Waals surface area contributed by atoms with Gasteiger partial charge >= 0.3 is 0 Å². The van der Waals surface area contributed by atoms with E-state index in [1.165, 1.54) is 0 Å². The molecule has 126 valence electrons. The number of hydrogen-bond acceptors (Lipinski definition) is 4. The zero-order valence-electron chi connectivity index (χ0n) is 13.6. The standard InChI is InChI=1S/C18H19NO4S/c1-15-9-11-16(12-10-15)24(20,21)19-13-5-6-14-23-18-8-4-3-7-17(18)22-2/h3-4,7-12,19H,13-14H2,1-2H3. The lowest BCUT2D eigenvalue weighted by Gasteiger charge is -2.07. The lowest BCUT2D eigenvalue weighted by molar-refractivity contribution is 0.331. The topological polar surface area (TPSA) is 64.6 Å². The van der Waals surface area contributed by atoms with Crippen LogP contribution >= 0.6 is 0 Å². The smallest absolute Gasteiger partial charge is 0.241 e. The van der Waals surface area contributed by atoms with Crippen LogP contribution in [0.3, 0.4) is 0 Å². The zero-order chi connectivity index (χ0) is 17.4. The third kappa shape index (κ3) is 5.01. The molecule has 2 rings (SSSR count). The van der Waals surface area contributed by atoms with Crippen LogP contribution in [0.25, 0.3) is 0 Å². The Labute approximate surface area is 142 Å². The fourth-order valence-corrected chi connectivity index (χ4v) is 2.82. The Morgan fingerprint density at radius 1 is 1.00 bits per heavy atom. The van der Waals surface area contributed by atoms with Crippen LogP contribution in [0.2, 0.25) is 0 Å². The molecule has 5 nitrogen and oxygen atoms in total. The maximum Gasteiger partial charge on any atom is 0.241 e. The normalized spacial score (nSPS) is 10.6. The maximum absolute atomic E-state index is 12.1. The van der Waals surface area contributed by atoms with Gasteiger partial charge in [0.2, 0.25) is 10.0 Å². The molecule has 24 heavy (non-hydrogen) atoms. The minimum absolute atomic E-state index is 0.0193. The molecule has 0 aliphatic rings. The molecule has 0 aliphatic heterocycles. The van der Waals surface area contributed by atoms with Crippen molar-refractivity contribution in [3.63, 3.8) is 0 Å². The summed E-state index contributed by atoms with van der Waals surface area (Å²) in [6.45, 7) is 2.06. The third-order valence-corrected chi connectivity index (χ3v) is 4.59. The lowest BCUT2D eigenvalue weighted by Crippen LogP contribution is -2.24. The van der Waals surface area contributed by atoms with Crippen molar-refractivity contribution in [2.45, 2.75) is 11.8 Å². The highest BCUT2D eigenvalue weighted by Gasteiger charge is 2.11. The summed E-state index contributed by atoms with van der Waals surface area (Å²) in [5.41, 5.74) is 1.00. The minimum Gasteiger partial charge on any atom is -0.493 e. The van der Waals surface area contributed by atoms with Crippen molar-refractivity contribution in [3.05, 3.63) is 54.1 Å². The molecule has 0 radical (unpaired) electrons. The highest BCUT2D eigenvalue weighted by atomic mass is 32.2. The number of ether oxygens (including phenoxy) is 2. The summed E-state index contributed by atoms with van der Waals surface area (Å²) in [4.78, 5) is 0.222. The Balaban J connectivity index is 1.84. The summed E-state index contributed by atoms with van der Waals surface area (Å²) < 4.78 is 37.2. The number of nitrogens with one attached hydrogen (secondary N) is 1. The number of hydrogen-bond donors (Lipinski definition) is 1. The molecule has 0 aliphatic carbocycles. The van der Waals surface area contributed by atoms with Gasteiger partial charge in [0.25, 0.3) is 0 Å². The molecule has 0 unspecified atom stereocenters. The third-order valence-electron chi connectivity index (χ3n) is 3.18. The summed E-state index contributed by atoms with van der Waals surface area (Å²) in [5, 5.41) is 0. The molecule has 0 amide bonds. The second-order valence-corrected chi connectivity index (χ2v) is 6.70. The summed E-state index contributed by atoms with van der Waals surface area (Å²) >= 11 is 0. The van der Waals surface area contributed by atoms with Gasteiger partial charge < -0.3 is 9.47 Å². The predicted molar refractivity (Wildman–Crippen MR) is 92.6 cm³/mol. The van der Waals surface area contributed by atoms with Gasteiger partial charge in [-0.25, -0.2) is 8.42 Å². The number of rotatable bonds is 6. The molecule has 0 heterocycles. The van der Waals surface area contributed by atoms with Crippen LogP contribution in [0.1, 0.15) is 5.56 Å². The quantitative estimate of drug-likeness (QED) is 0.817. The first-order valence-corrected chi connectivity index (χ1v) is 8.79. The number of benzene rings is 2. The molecular formula is C18H19NO4S. The Hall–Kier alpha value is -2.49. The molecule has 0 saturated carbocycles. The van der Waals surface area contributed by atoms with Crippen LogP contribution in [-0.4, -0.2) is 28.7 Å². The number of methoxy groups -OCH3 is 1. The van der Waals surface area contributed by atoms with Crippen LogP contribution in [0, 0.1) is 18.8 Å². The second kappa shape index (κ2) is 8.39. The lowest BCUT2D eigenvalue weighted by atomic mass is 10.2. The van der Waals surface area contributed by atoms with Crippen LogP contribution in [0.4, 0.5) is 0 Å². The summed E-state index contributed by atoms with van der Waals surface area (Å²) in [6.07, 6.45) is 0. The van der Waals surface area contributed by atoms with Crippen molar-refractivity contribution in [2.24, 2.45) is 0 Å².